The molecule has 4 rings (SSSR count). The van der Waals surface area contributed by atoms with E-state index in [0.29, 0.717) is 35.7 Å². The number of amides is 1. The summed E-state index contributed by atoms with van der Waals surface area (Å²) in [6, 6.07) is 10.5. The van der Waals surface area contributed by atoms with E-state index in [1.165, 1.54) is 12.0 Å². The molecule has 0 N–H and O–H groups in total. The zero-order chi connectivity index (χ0) is 28.3. The van der Waals surface area contributed by atoms with Crippen LogP contribution in [-0.4, -0.2) is 52.5 Å². The van der Waals surface area contributed by atoms with Gasteiger partial charge < -0.3 is 18.7 Å². The second-order valence-electron chi connectivity index (χ2n) is 10.5. The van der Waals surface area contributed by atoms with Crippen LogP contribution in [0.15, 0.2) is 40.9 Å². The maximum absolute atomic E-state index is 13.1. The minimum absolute atomic E-state index is 0.0609. The summed E-state index contributed by atoms with van der Waals surface area (Å²) in [7, 11) is 1.29. The SMILES string of the molecule is [C-]#[N+]c1cc(-c2nc(-c3cccc4c3CC[C@@H]4N(CC(=O)OC)C(=O)OC(C)(C)C)no2)ccc1OC(C)C. The third kappa shape index (κ3) is 6.20. The number of benzene rings is 2. The molecule has 3 aromatic rings. The van der Waals surface area contributed by atoms with Crippen LogP contribution in [0.4, 0.5) is 10.5 Å². The van der Waals surface area contributed by atoms with Gasteiger partial charge >= 0.3 is 12.1 Å². The van der Waals surface area contributed by atoms with Crippen LogP contribution in [0.25, 0.3) is 27.7 Å². The van der Waals surface area contributed by atoms with E-state index in [9.17, 15) is 9.59 Å². The lowest BCUT2D eigenvalue weighted by Gasteiger charge is -2.31. The quantitative estimate of drug-likeness (QED) is 0.264. The first-order valence-corrected chi connectivity index (χ1v) is 12.7. The molecule has 0 unspecified atom stereocenters. The van der Waals surface area contributed by atoms with E-state index in [-0.39, 0.29) is 24.6 Å². The second kappa shape index (κ2) is 11.2. The number of fused-ring (bicyclic) bond motifs is 1. The van der Waals surface area contributed by atoms with Gasteiger partial charge in [-0.15, -0.1) is 0 Å². The molecule has 2 aromatic carbocycles. The Morgan fingerprint density at radius 3 is 2.67 bits per heavy atom. The van der Waals surface area contributed by atoms with Crippen molar-refractivity contribution in [1.82, 2.24) is 15.0 Å². The molecule has 0 fully saturated rings. The van der Waals surface area contributed by atoms with Crippen molar-refractivity contribution in [1.29, 1.82) is 0 Å². The average Bonchev–Trinajstić information content (AvgIpc) is 3.53. The number of ether oxygens (including phenoxy) is 3. The van der Waals surface area contributed by atoms with E-state index in [1.54, 1.807) is 39.0 Å². The van der Waals surface area contributed by atoms with Gasteiger partial charge in [0.1, 0.15) is 17.9 Å². The number of methoxy groups -OCH3 is 1. The molecule has 0 bridgehead atoms. The van der Waals surface area contributed by atoms with Gasteiger partial charge in [0.2, 0.25) is 11.5 Å². The van der Waals surface area contributed by atoms with Gasteiger partial charge in [0, 0.05) is 11.1 Å². The Labute approximate surface area is 227 Å². The Kier molecular flexibility index (Phi) is 7.90. The lowest BCUT2D eigenvalue weighted by molar-refractivity contribution is -0.142. The number of nitrogens with zero attached hydrogens (tertiary/aromatic N) is 4. The lowest BCUT2D eigenvalue weighted by atomic mass is 10.0. The third-order valence-corrected chi connectivity index (χ3v) is 6.13. The van der Waals surface area contributed by atoms with Crippen LogP contribution in [0, 0.1) is 6.57 Å². The van der Waals surface area contributed by atoms with Crippen LogP contribution in [0.5, 0.6) is 5.75 Å². The molecular formula is C29H32N4O6. The van der Waals surface area contributed by atoms with Gasteiger partial charge in [-0.3, -0.25) is 9.69 Å². The Morgan fingerprint density at radius 2 is 2.00 bits per heavy atom. The van der Waals surface area contributed by atoms with Crippen LogP contribution >= 0.6 is 0 Å². The fourth-order valence-corrected chi connectivity index (χ4v) is 4.53. The number of hydrogen-bond acceptors (Lipinski definition) is 8. The number of carbonyl (C=O) groups is 2. The molecule has 39 heavy (non-hydrogen) atoms. The Morgan fingerprint density at radius 1 is 1.23 bits per heavy atom. The maximum Gasteiger partial charge on any atom is 0.411 e. The summed E-state index contributed by atoms with van der Waals surface area (Å²) in [5.41, 5.74) is 2.88. The highest BCUT2D eigenvalue weighted by Gasteiger charge is 2.36. The topological polar surface area (TPSA) is 108 Å². The molecule has 1 atom stereocenters. The molecule has 1 heterocycles. The van der Waals surface area contributed by atoms with E-state index < -0.39 is 17.7 Å². The molecule has 10 nitrogen and oxygen atoms in total. The predicted molar refractivity (Wildman–Crippen MR) is 143 cm³/mol. The molecule has 0 spiro atoms. The highest BCUT2D eigenvalue weighted by Crippen LogP contribution is 2.41. The van der Waals surface area contributed by atoms with Crippen molar-refractivity contribution in [2.75, 3.05) is 13.7 Å². The van der Waals surface area contributed by atoms with Gasteiger partial charge in [0.15, 0.2) is 0 Å². The fraction of sp³-hybridized carbons (Fsp3) is 0.414. The number of rotatable bonds is 7. The largest absolute Gasteiger partial charge is 0.502 e. The zero-order valence-electron chi connectivity index (χ0n) is 23.0. The maximum atomic E-state index is 13.1. The minimum Gasteiger partial charge on any atom is -0.502 e. The molecule has 1 aliphatic rings. The standard InChI is InChI=1S/C29H32N4O6/c1-17(2)37-24-14-11-18(15-22(24)30-6)27-31-26(32-39-27)21-10-8-9-20-19(21)12-13-23(20)33(16-25(34)36-7)28(35)38-29(3,4)5/h8-11,14-15,17,23H,12-13,16H2,1-5,7H3/t23-/m0/s1. The Bertz CT molecular complexity index is 1420. The number of hydrogen-bond donors (Lipinski definition) is 0. The van der Waals surface area contributed by atoms with Gasteiger partial charge in [0.05, 0.1) is 25.8 Å². The molecule has 204 valence electrons. The van der Waals surface area contributed by atoms with Crippen LogP contribution in [0.2, 0.25) is 0 Å². The van der Waals surface area contributed by atoms with Crippen LogP contribution in [-0.2, 0) is 20.7 Å². The highest BCUT2D eigenvalue weighted by molar-refractivity contribution is 5.79. The molecule has 10 heteroatoms. The van der Waals surface area contributed by atoms with E-state index >= 15 is 0 Å². The number of carbonyl (C=O) groups excluding carboxylic acids is 2. The summed E-state index contributed by atoms with van der Waals surface area (Å²) in [6.07, 6.45) is 0.593. The zero-order valence-corrected chi connectivity index (χ0v) is 23.0. The van der Waals surface area contributed by atoms with E-state index in [4.69, 9.17) is 25.3 Å². The summed E-state index contributed by atoms with van der Waals surface area (Å²) in [6.45, 7) is 16.4. The second-order valence-corrected chi connectivity index (χ2v) is 10.5. The summed E-state index contributed by atoms with van der Waals surface area (Å²) < 4.78 is 21.7. The highest BCUT2D eigenvalue weighted by atomic mass is 16.6. The molecule has 1 aliphatic carbocycles. The molecule has 0 saturated carbocycles. The summed E-state index contributed by atoms with van der Waals surface area (Å²) in [4.78, 5) is 34.9. The van der Waals surface area contributed by atoms with Crippen molar-refractivity contribution in [3.05, 3.63) is 58.9 Å². The van der Waals surface area contributed by atoms with Crippen LogP contribution < -0.4 is 4.74 Å². The van der Waals surface area contributed by atoms with Gasteiger partial charge in [-0.2, -0.15) is 4.98 Å². The van der Waals surface area contributed by atoms with Crippen molar-refractivity contribution < 1.29 is 28.3 Å². The Hall–Kier alpha value is -4.39. The van der Waals surface area contributed by atoms with Crippen LogP contribution in [0.1, 0.15) is 58.2 Å². The summed E-state index contributed by atoms with van der Waals surface area (Å²) in [5, 5.41) is 4.21. The molecule has 0 saturated heterocycles. The Balaban J connectivity index is 1.65. The predicted octanol–water partition coefficient (Wildman–Crippen LogP) is 6.14. The lowest BCUT2D eigenvalue weighted by Crippen LogP contribution is -2.41. The molecule has 1 aromatic heterocycles. The van der Waals surface area contributed by atoms with Gasteiger partial charge in [0.25, 0.3) is 5.89 Å². The smallest absolute Gasteiger partial charge is 0.411 e. The van der Waals surface area contributed by atoms with E-state index in [2.05, 4.69) is 15.0 Å². The third-order valence-electron chi connectivity index (χ3n) is 6.13. The summed E-state index contributed by atoms with van der Waals surface area (Å²) in [5.74, 6) is 0.638. The average molecular weight is 533 g/mol. The molecule has 0 aliphatic heterocycles. The van der Waals surface area contributed by atoms with E-state index in [1.807, 2.05) is 32.0 Å². The van der Waals surface area contributed by atoms with Gasteiger partial charge in [-0.05, 0) is 76.8 Å². The van der Waals surface area contributed by atoms with Crippen molar-refractivity contribution in [3.63, 3.8) is 0 Å². The van der Waals surface area contributed by atoms with E-state index in [0.717, 1.165) is 16.7 Å². The van der Waals surface area contributed by atoms with Crippen molar-refractivity contribution >= 4 is 17.7 Å². The monoisotopic (exact) mass is 532 g/mol. The summed E-state index contributed by atoms with van der Waals surface area (Å²) >= 11 is 0. The van der Waals surface area contributed by atoms with Crippen molar-refractivity contribution in [2.45, 2.75) is 65.2 Å². The molecule has 1 amide bonds. The minimum atomic E-state index is -0.720. The first kappa shape index (κ1) is 27.6. The first-order chi connectivity index (χ1) is 18.5. The van der Waals surface area contributed by atoms with Gasteiger partial charge in [-0.1, -0.05) is 23.4 Å². The number of aromatic nitrogens is 2. The first-order valence-electron chi connectivity index (χ1n) is 12.7. The normalized spacial score (nSPS) is 14.5. The number of esters is 1. The van der Waals surface area contributed by atoms with Crippen molar-refractivity contribution in [2.24, 2.45) is 0 Å². The van der Waals surface area contributed by atoms with Crippen molar-refractivity contribution in [3.8, 4) is 28.6 Å². The fourth-order valence-electron chi connectivity index (χ4n) is 4.53. The molecule has 0 radical (unpaired) electrons. The molecular weight excluding hydrogens is 500 g/mol. The van der Waals surface area contributed by atoms with Crippen LogP contribution in [0.3, 0.4) is 0 Å². The van der Waals surface area contributed by atoms with Gasteiger partial charge in [-0.25, -0.2) is 9.64 Å².